The van der Waals surface area contributed by atoms with Gasteiger partial charge < -0.3 is 20.0 Å². The van der Waals surface area contributed by atoms with Crippen LogP contribution in [0.2, 0.25) is 0 Å². The number of nitrogens with one attached hydrogen (secondary N) is 2. The summed E-state index contributed by atoms with van der Waals surface area (Å²) in [6.07, 6.45) is 5.33. The third-order valence-electron chi connectivity index (χ3n) is 5.10. The molecule has 0 spiro atoms. The van der Waals surface area contributed by atoms with E-state index in [9.17, 15) is 9.59 Å². The molecule has 0 aliphatic heterocycles. The van der Waals surface area contributed by atoms with E-state index >= 15 is 0 Å². The number of nitrogens with zero attached hydrogens (tertiary/aromatic N) is 2. The molecule has 1 aromatic carbocycles. The van der Waals surface area contributed by atoms with Gasteiger partial charge in [0.05, 0.1) is 6.54 Å². The number of oxazole rings is 1. The number of benzene rings is 1. The highest BCUT2D eigenvalue weighted by Crippen LogP contribution is 2.29. The van der Waals surface area contributed by atoms with Crippen LogP contribution in [0.4, 0.5) is 10.5 Å². The van der Waals surface area contributed by atoms with Gasteiger partial charge in [0, 0.05) is 17.8 Å². The van der Waals surface area contributed by atoms with Crippen LogP contribution in [0.15, 0.2) is 28.9 Å². The summed E-state index contributed by atoms with van der Waals surface area (Å²) in [5.41, 5.74) is 3.26. The van der Waals surface area contributed by atoms with E-state index in [4.69, 9.17) is 4.42 Å². The van der Waals surface area contributed by atoms with Crippen molar-refractivity contribution in [2.24, 2.45) is 0 Å². The molecule has 2 aromatic rings. The fourth-order valence-electron chi connectivity index (χ4n) is 2.95. The van der Waals surface area contributed by atoms with Crippen molar-refractivity contribution in [3.05, 3.63) is 47.2 Å². The van der Waals surface area contributed by atoms with Crippen LogP contribution < -0.4 is 10.6 Å². The van der Waals surface area contributed by atoms with E-state index in [-0.39, 0.29) is 36.3 Å². The Balaban J connectivity index is 1.43. The number of hydrogen-bond donors (Lipinski definition) is 2. The lowest BCUT2D eigenvalue weighted by atomic mass is 10.1. The first kappa shape index (κ1) is 17.6. The van der Waals surface area contributed by atoms with Gasteiger partial charge in [0.25, 0.3) is 5.91 Å². The molecule has 0 atom stereocenters. The van der Waals surface area contributed by atoms with Crippen LogP contribution in [-0.2, 0) is 6.54 Å². The Bertz CT molecular complexity index is 868. The minimum Gasteiger partial charge on any atom is -0.446 e. The van der Waals surface area contributed by atoms with Crippen molar-refractivity contribution in [1.29, 1.82) is 0 Å². The molecule has 1 aromatic heterocycles. The van der Waals surface area contributed by atoms with Crippen LogP contribution >= 0.6 is 0 Å². The molecule has 2 aliphatic carbocycles. The van der Waals surface area contributed by atoms with Crippen molar-refractivity contribution in [2.75, 3.05) is 5.32 Å². The minimum absolute atomic E-state index is 0.173. The summed E-state index contributed by atoms with van der Waals surface area (Å²) in [6.45, 7) is 4.26. The van der Waals surface area contributed by atoms with E-state index in [1.54, 1.807) is 4.90 Å². The predicted octanol–water partition coefficient (Wildman–Crippen LogP) is 3.38. The van der Waals surface area contributed by atoms with Gasteiger partial charge in [0.1, 0.15) is 6.26 Å². The Morgan fingerprint density at radius 3 is 2.70 bits per heavy atom. The van der Waals surface area contributed by atoms with Crippen LogP contribution in [0.1, 0.15) is 53.2 Å². The van der Waals surface area contributed by atoms with Crippen molar-refractivity contribution in [1.82, 2.24) is 15.2 Å². The van der Waals surface area contributed by atoms with E-state index in [2.05, 4.69) is 15.6 Å². The molecule has 2 N–H and O–H groups in total. The molecule has 0 saturated heterocycles. The molecule has 27 heavy (non-hydrogen) atoms. The first-order valence-electron chi connectivity index (χ1n) is 9.40. The lowest BCUT2D eigenvalue weighted by molar-refractivity contribution is 0.0946. The number of anilines is 1. The molecule has 2 aliphatic rings. The zero-order chi connectivity index (χ0) is 19.0. The van der Waals surface area contributed by atoms with Gasteiger partial charge in [-0.25, -0.2) is 9.78 Å². The number of amides is 3. The van der Waals surface area contributed by atoms with Crippen LogP contribution in [0.3, 0.4) is 0 Å². The number of carbonyl (C=O) groups excluding carboxylic acids is 2. The molecular weight excluding hydrogens is 344 g/mol. The second-order valence-corrected chi connectivity index (χ2v) is 7.41. The number of aryl methyl sites for hydroxylation is 1. The zero-order valence-electron chi connectivity index (χ0n) is 15.6. The maximum atomic E-state index is 12.8. The van der Waals surface area contributed by atoms with E-state index in [0.29, 0.717) is 5.89 Å². The van der Waals surface area contributed by atoms with Gasteiger partial charge in [-0.2, -0.15) is 0 Å². The second kappa shape index (κ2) is 7.06. The van der Waals surface area contributed by atoms with Gasteiger partial charge >= 0.3 is 6.03 Å². The van der Waals surface area contributed by atoms with Crippen LogP contribution in [0.25, 0.3) is 0 Å². The number of aromatic nitrogens is 1. The zero-order valence-corrected chi connectivity index (χ0v) is 15.6. The largest absolute Gasteiger partial charge is 0.446 e. The monoisotopic (exact) mass is 368 g/mol. The molecule has 2 saturated carbocycles. The second-order valence-electron chi connectivity index (χ2n) is 7.41. The predicted molar refractivity (Wildman–Crippen MR) is 100 cm³/mol. The molecule has 7 heteroatoms. The number of urea groups is 1. The summed E-state index contributed by atoms with van der Waals surface area (Å²) in [6, 6.07) is 6.13. The number of hydrogen-bond acceptors (Lipinski definition) is 4. The summed E-state index contributed by atoms with van der Waals surface area (Å²) < 4.78 is 5.45. The van der Waals surface area contributed by atoms with Gasteiger partial charge in [-0.1, -0.05) is 12.1 Å². The Kier molecular flexibility index (Phi) is 4.59. The fraction of sp³-hybridized carbons (Fsp3) is 0.450. The van der Waals surface area contributed by atoms with Gasteiger partial charge in [0.15, 0.2) is 5.69 Å². The standard InChI is InChI=1S/C20H24N4O3/c1-12-4-3-5-16(13(12)2)23-20(26)24(15-8-9-15)10-18-22-17(11-27-18)19(25)21-14-6-7-14/h3-5,11,14-15H,6-10H2,1-2H3,(H,21,25)(H,23,26). The van der Waals surface area contributed by atoms with Crippen LogP contribution in [-0.4, -0.2) is 33.9 Å². The Hall–Kier alpha value is -2.83. The topological polar surface area (TPSA) is 87.5 Å². The van der Waals surface area contributed by atoms with Gasteiger partial charge in [-0.05, 0) is 56.7 Å². The fourth-order valence-corrected chi connectivity index (χ4v) is 2.95. The van der Waals surface area contributed by atoms with Crippen molar-refractivity contribution >= 4 is 17.6 Å². The van der Waals surface area contributed by atoms with Crippen LogP contribution in [0.5, 0.6) is 0 Å². The molecule has 2 fully saturated rings. The van der Waals surface area contributed by atoms with Gasteiger partial charge in [0.2, 0.25) is 5.89 Å². The highest BCUT2D eigenvalue weighted by atomic mass is 16.3. The Morgan fingerprint density at radius 1 is 1.22 bits per heavy atom. The molecule has 1 heterocycles. The maximum Gasteiger partial charge on any atom is 0.322 e. The minimum atomic E-state index is -0.217. The number of rotatable bonds is 6. The van der Waals surface area contributed by atoms with E-state index in [0.717, 1.165) is 42.5 Å². The van der Waals surface area contributed by atoms with E-state index in [1.807, 2.05) is 32.0 Å². The summed E-state index contributed by atoms with van der Waals surface area (Å²) in [5, 5.41) is 5.88. The molecule has 142 valence electrons. The van der Waals surface area contributed by atoms with E-state index in [1.165, 1.54) is 6.26 Å². The maximum absolute atomic E-state index is 12.8. The lowest BCUT2D eigenvalue weighted by Gasteiger charge is -2.22. The molecule has 3 amide bonds. The number of carbonyl (C=O) groups is 2. The first-order chi connectivity index (χ1) is 13.0. The third-order valence-corrected chi connectivity index (χ3v) is 5.10. The average molecular weight is 368 g/mol. The van der Waals surface area contributed by atoms with Gasteiger partial charge in [-0.3, -0.25) is 4.79 Å². The van der Waals surface area contributed by atoms with E-state index < -0.39 is 0 Å². The Morgan fingerprint density at radius 2 is 2.00 bits per heavy atom. The molecule has 7 nitrogen and oxygen atoms in total. The lowest BCUT2D eigenvalue weighted by Crippen LogP contribution is -2.36. The molecule has 4 rings (SSSR count). The average Bonchev–Trinajstić information content (AvgIpc) is 3.57. The van der Waals surface area contributed by atoms with Crippen LogP contribution in [0, 0.1) is 13.8 Å². The van der Waals surface area contributed by atoms with Crippen molar-refractivity contribution < 1.29 is 14.0 Å². The molecular formula is C20H24N4O3. The Labute approximate surface area is 158 Å². The summed E-state index contributed by atoms with van der Waals surface area (Å²) in [7, 11) is 0. The molecule has 0 radical (unpaired) electrons. The van der Waals surface area contributed by atoms with Crippen molar-refractivity contribution in [3.8, 4) is 0 Å². The molecule has 0 bridgehead atoms. The van der Waals surface area contributed by atoms with Crippen molar-refractivity contribution in [3.63, 3.8) is 0 Å². The highest BCUT2D eigenvalue weighted by Gasteiger charge is 2.34. The highest BCUT2D eigenvalue weighted by molar-refractivity contribution is 5.92. The van der Waals surface area contributed by atoms with Gasteiger partial charge in [-0.15, -0.1) is 0 Å². The summed E-state index contributed by atoms with van der Waals surface area (Å²) >= 11 is 0. The van der Waals surface area contributed by atoms with Crippen molar-refractivity contribution in [2.45, 2.75) is 58.2 Å². The quantitative estimate of drug-likeness (QED) is 0.818. The SMILES string of the molecule is Cc1cccc(NC(=O)N(Cc2nc(C(=O)NC3CC3)co2)C2CC2)c1C. The molecule has 0 unspecified atom stereocenters. The smallest absolute Gasteiger partial charge is 0.322 e. The summed E-state index contributed by atoms with van der Waals surface area (Å²) in [5.74, 6) is 0.157. The third kappa shape index (κ3) is 4.13. The normalized spacial score (nSPS) is 16.1. The first-order valence-corrected chi connectivity index (χ1v) is 9.40. The summed E-state index contributed by atoms with van der Waals surface area (Å²) in [4.78, 5) is 30.9.